The van der Waals surface area contributed by atoms with E-state index in [9.17, 15) is 13.2 Å². The minimum atomic E-state index is -0.709. The van der Waals surface area contributed by atoms with Crippen LogP contribution in [0.25, 0.3) is 44.3 Å². The number of nitrogens with zero attached hydrogens (tertiary/aromatic N) is 7. The van der Waals surface area contributed by atoms with Crippen LogP contribution < -0.4 is 15.1 Å². The molecule has 2 saturated heterocycles. The minimum Gasteiger partial charge on any atom is -0.378 e. The molecule has 9 rings (SSSR count). The quantitative estimate of drug-likeness (QED) is 0.163. The summed E-state index contributed by atoms with van der Waals surface area (Å²) in [5.74, 6) is -2.00. The summed E-state index contributed by atoms with van der Waals surface area (Å²) in [5.41, 5.74) is 8.64. The standard InChI is InChI=1S/C29H30F2N6O2.C16H11ClF2N2/c1-18-11-20(16-32-15-18)27-19(2)28(26-23(31)12-21(30)13-24(26)34-27)35-25-14-22(36-3-7-38-8-4-36)17-33-29(25)37-5-9-39-10-6-37;1-8-3-10(7-20-6-8)16-9(2)15(17)14-12(19)4-11(18)5-13(14)21-16/h11-17H,3-10H2,1-2H3,(H,34,35);3-7H,1-2H3. The SMILES string of the molecule is Cc1cncc(-c2nc3cc(F)cc(F)c3c(Cl)c2C)c1.Cc1cncc(-c2nc3cc(F)cc(F)c3c(Nc3cc(N4CCOCC4)cnc3N3CCOCC3)c2C)c1. The Balaban J connectivity index is 0.000000200. The molecule has 0 spiro atoms. The van der Waals surface area contributed by atoms with Gasteiger partial charge in [0.2, 0.25) is 0 Å². The molecular formula is C45H41ClF4N8O2. The first-order valence-electron chi connectivity index (χ1n) is 19.5. The number of anilines is 4. The van der Waals surface area contributed by atoms with E-state index >= 15 is 4.39 Å². The topological polar surface area (TPSA) is 101 Å². The Kier molecular flexibility index (Phi) is 11.8. The van der Waals surface area contributed by atoms with Crippen LogP contribution in [0.4, 0.5) is 40.4 Å². The minimum absolute atomic E-state index is 0.139. The fourth-order valence-corrected chi connectivity index (χ4v) is 7.83. The van der Waals surface area contributed by atoms with Crippen LogP contribution in [0.5, 0.6) is 0 Å². The van der Waals surface area contributed by atoms with Crippen molar-refractivity contribution in [2.24, 2.45) is 0 Å². The zero-order valence-corrected chi connectivity index (χ0v) is 34.2. The van der Waals surface area contributed by atoms with E-state index < -0.39 is 23.3 Å². The van der Waals surface area contributed by atoms with Gasteiger partial charge in [0.25, 0.3) is 0 Å². The first-order valence-corrected chi connectivity index (χ1v) is 19.8. The lowest BCUT2D eigenvalue weighted by Gasteiger charge is -2.32. The second-order valence-corrected chi connectivity index (χ2v) is 15.2. The maximum absolute atomic E-state index is 15.4. The normalized spacial score (nSPS) is 14.3. The van der Waals surface area contributed by atoms with Gasteiger partial charge in [0.05, 0.1) is 87.9 Å². The highest BCUT2D eigenvalue weighted by Gasteiger charge is 2.24. The summed E-state index contributed by atoms with van der Waals surface area (Å²) in [6.45, 7) is 12.9. The van der Waals surface area contributed by atoms with Crippen molar-refractivity contribution in [1.82, 2.24) is 24.9 Å². The van der Waals surface area contributed by atoms with Crippen LogP contribution in [-0.4, -0.2) is 77.5 Å². The van der Waals surface area contributed by atoms with E-state index in [1.165, 1.54) is 12.1 Å². The van der Waals surface area contributed by atoms with Crippen LogP contribution in [0.15, 0.2) is 73.4 Å². The van der Waals surface area contributed by atoms with Crippen molar-refractivity contribution in [2.75, 3.05) is 67.7 Å². The van der Waals surface area contributed by atoms with Crippen molar-refractivity contribution in [2.45, 2.75) is 27.7 Å². The maximum Gasteiger partial charge on any atom is 0.152 e. The van der Waals surface area contributed by atoms with Gasteiger partial charge in [0.1, 0.15) is 23.3 Å². The molecule has 0 aliphatic carbocycles. The third kappa shape index (κ3) is 8.40. The number of aryl methyl sites for hydroxylation is 2. The summed E-state index contributed by atoms with van der Waals surface area (Å²) < 4.78 is 68.2. The number of benzene rings is 2. The van der Waals surface area contributed by atoms with E-state index in [1.807, 2.05) is 45.2 Å². The first kappa shape index (κ1) is 40.8. The molecule has 1 N–H and O–H groups in total. The van der Waals surface area contributed by atoms with E-state index in [-0.39, 0.29) is 26.8 Å². The van der Waals surface area contributed by atoms with Crippen molar-refractivity contribution >= 4 is 56.3 Å². The molecule has 60 heavy (non-hydrogen) atoms. The highest BCUT2D eigenvalue weighted by Crippen LogP contribution is 2.40. The number of fused-ring (bicyclic) bond motifs is 2. The Labute approximate surface area is 349 Å². The number of pyridine rings is 5. The number of halogens is 5. The average Bonchev–Trinajstić information content (AvgIpc) is 3.23. The van der Waals surface area contributed by atoms with Crippen LogP contribution in [0.1, 0.15) is 22.3 Å². The molecular weight excluding hydrogens is 796 g/mol. The molecule has 0 saturated carbocycles. The van der Waals surface area contributed by atoms with Crippen LogP contribution in [0, 0.1) is 51.0 Å². The van der Waals surface area contributed by atoms with Gasteiger partial charge in [-0.05, 0) is 68.1 Å². The second-order valence-electron chi connectivity index (χ2n) is 14.8. The van der Waals surface area contributed by atoms with Gasteiger partial charge in [-0.25, -0.2) is 32.5 Å². The van der Waals surface area contributed by atoms with Gasteiger partial charge in [-0.1, -0.05) is 11.6 Å². The molecule has 2 aliphatic heterocycles. The molecule has 0 atom stereocenters. The largest absolute Gasteiger partial charge is 0.378 e. The number of rotatable bonds is 6. The molecule has 0 bridgehead atoms. The second kappa shape index (κ2) is 17.3. The smallest absolute Gasteiger partial charge is 0.152 e. The van der Waals surface area contributed by atoms with Gasteiger partial charge < -0.3 is 24.6 Å². The molecule has 2 aliphatic rings. The maximum atomic E-state index is 15.4. The summed E-state index contributed by atoms with van der Waals surface area (Å²) >= 11 is 6.26. The summed E-state index contributed by atoms with van der Waals surface area (Å²) in [6.07, 6.45) is 8.72. The molecule has 5 aromatic heterocycles. The lowest BCUT2D eigenvalue weighted by atomic mass is 10.0. The van der Waals surface area contributed by atoms with Crippen molar-refractivity contribution < 1.29 is 27.0 Å². The average molecular weight is 837 g/mol. The number of ether oxygens (including phenoxy) is 2. The summed E-state index contributed by atoms with van der Waals surface area (Å²) in [5, 5.41) is 4.13. The van der Waals surface area contributed by atoms with Crippen molar-refractivity contribution in [3.05, 3.63) is 124 Å². The van der Waals surface area contributed by atoms with Crippen LogP contribution in [0.3, 0.4) is 0 Å². The van der Waals surface area contributed by atoms with Crippen molar-refractivity contribution in [1.29, 1.82) is 0 Å². The van der Waals surface area contributed by atoms with Gasteiger partial charge in [-0.3, -0.25) is 9.97 Å². The monoisotopic (exact) mass is 836 g/mol. The molecule has 0 amide bonds. The van der Waals surface area contributed by atoms with E-state index in [0.29, 0.717) is 62.2 Å². The lowest BCUT2D eigenvalue weighted by molar-refractivity contribution is 0.122. The predicted octanol–water partition coefficient (Wildman–Crippen LogP) is 9.85. The van der Waals surface area contributed by atoms with Gasteiger partial charge in [-0.15, -0.1) is 0 Å². The molecule has 7 aromatic rings. The molecule has 2 aromatic carbocycles. The zero-order valence-electron chi connectivity index (χ0n) is 33.4. The number of morpholine rings is 2. The van der Waals surface area contributed by atoms with Crippen molar-refractivity contribution in [3.8, 4) is 22.5 Å². The van der Waals surface area contributed by atoms with E-state index in [0.717, 1.165) is 70.2 Å². The van der Waals surface area contributed by atoms with Gasteiger partial charge in [0.15, 0.2) is 5.82 Å². The Morgan fingerprint density at radius 1 is 0.600 bits per heavy atom. The van der Waals surface area contributed by atoms with Crippen LogP contribution in [0.2, 0.25) is 5.02 Å². The Hall–Kier alpha value is -5.96. The molecule has 2 fully saturated rings. The summed E-state index contributed by atoms with van der Waals surface area (Å²) in [4.78, 5) is 26.7. The van der Waals surface area contributed by atoms with E-state index in [4.69, 9.17) is 26.1 Å². The van der Waals surface area contributed by atoms with Crippen LogP contribution >= 0.6 is 11.6 Å². The highest BCUT2D eigenvalue weighted by atomic mass is 35.5. The third-order valence-electron chi connectivity index (χ3n) is 10.5. The molecule has 0 unspecified atom stereocenters. The highest BCUT2D eigenvalue weighted by molar-refractivity contribution is 6.36. The predicted molar refractivity (Wildman–Crippen MR) is 227 cm³/mol. The molecule has 0 radical (unpaired) electrons. The lowest BCUT2D eigenvalue weighted by Crippen LogP contribution is -2.38. The zero-order chi connectivity index (χ0) is 42.1. The molecule has 308 valence electrons. The van der Waals surface area contributed by atoms with E-state index in [2.05, 4.69) is 35.1 Å². The Morgan fingerprint density at radius 2 is 1.12 bits per heavy atom. The Morgan fingerprint density at radius 3 is 1.68 bits per heavy atom. The summed E-state index contributed by atoms with van der Waals surface area (Å²) in [7, 11) is 0. The Bertz CT molecular complexity index is 2750. The number of hydrogen-bond acceptors (Lipinski definition) is 10. The van der Waals surface area contributed by atoms with E-state index in [1.54, 1.807) is 31.7 Å². The van der Waals surface area contributed by atoms with Crippen LogP contribution in [-0.2, 0) is 9.47 Å². The number of nitrogens with one attached hydrogen (secondary N) is 1. The summed E-state index contributed by atoms with van der Waals surface area (Å²) in [6, 6.07) is 10.1. The number of aromatic nitrogens is 5. The fourth-order valence-electron chi connectivity index (χ4n) is 7.55. The molecule has 15 heteroatoms. The fraction of sp³-hybridized carbons (Fsp3) is 0.267. The van der Waals surface area contributed by atoms with Gasteiger partial charge in [-0.2, -0.15) is 0 Å². The van der Waals surface area contributed by atoms with Gasteiger partial charge in [0, 0.05) is 86.4 Å². The van der Waals surface area contributed by atoms with Gasteiger partial charge >= 0.3 is 0 Å². The molecule has 7 heterocycles. The molecule has 10 nitrogen and oxygen atoms in total. The third-order valence-corrected chi connectivity index (χ3v) is 11.0. The van der Waals surface area contributed by atoms with Crippen molar-refractivity contribution in [3.63, 3.8) is 0 Å². The first-order chi connectivity index (χ1) is 28.9. The number of hydrogen-bond donors (Lipinski definition) is 1.